The van der Waals surface area contributed by atoms with Gasteiger partial charge < -0.3 is 18.9 Å². The lowest BCUT2D eigenvalue weighted by molar-refractivity contribution is -0.870. The molecule has 10 heteroatoms. The number of phosphoric acid groups is 1. The quantitative estimate of drug-likeness (QED) is 0.0211. The summed E-state index contributed by atoms with van der Waals surface area (Å²) in [7, 11) is 1.50. The summed E-state index contributed by atoms with van der Waals surface area (Å²) in [5, 5.41) is 0. The number of hydrogen-bond acceptors (Lipinski definition) is 7. The molecule has 0 spiro atoms. The van der Waals surface area contributed by atoms with Gasteiger partial charge in [-0.2, -0.15) is 0 Å². The first-order valence-corrected chi connectivity index (χ1v) is 36.6. The van der Waals surface area contributed by atoms with Gasteiger partial charge in [0.1, 0.15) is 19.8 Å². The van der Waals surface area contributed by atoms with Crippen molar-refractivity contribution in [3.05, 3.63) is 24.3 Å². The highest BCUT2D eigenvalue weighted by Crippen LogP contribution is 2.43. The van der Waals surface area contributed by atoms with Crippen LogP contribution in [0.1, 0.15) is 361 Å². The van der Waals surface area contributed by atoms with Crippen LogP contribution >= 0.6 is 7.82 Å². The molecule has 0 heterocycles. The van der Waals surface area contributed by atoms with Crippen LogP contribution < -0.4 is 0 Å². The van der Waals surface area contributed by atoms with Crippen LogP contribution in [0.15, 0.2) is 24.3 Å². The van der Waals surface area contributed by atoms with E-state index in [2.05, 4.69) is 38.2 Å². The number of ether oxygens (including phenoxy) is 2. The fourth-order valence-electron chi connectivity index (χ4n) is 10.5. The molecule has 0 aliphatic heterocycles. The van der Waals surface area contributed by atoms with E-state index >= 15 is 0 Å². The van der Waals surface area contributed by atoms with E-state index in [-0.39, 0.29) is 25.6 Å². The van der Waals surface area contributed by atoms with Crippen molar-refractivity contribution in [3.63, 3.8) is 0 Å². The summed E-state index contributed by atoms with van der Waals surface area (Å²) in [6.45, 7) is 4.49. The molecule has 0 saturated heterocycles. The molecule has 2 atom stereocenters. The Morgan fingerprint density at radius 2 is 0.637 bits per heavy atom. The van der Waals surface area contributed by atoms with Gasteiger partial charge in [-0.05, 0) is 64.2 Å². The number of quaternary nitrogens is 1. The van der Waals surface area contributed by atoms with Crippen molar-refractivity contribution in [3.8, 4) is 0 Å². The van der Waals surface area contributed by atoms with E-state index in [0.29, 0.717) is 23.9 Å². The van der Waals surface area contributed by atoms with Gasteiger partial charge in [0.05, 0.1) is 27.7 Å². The van der Waals surface area contributed by atoms with Gasteiger partial charge >= 0.3 is 19.8 Å². The largest absolute Gasteiger partial charge is 0.472 e. The zero-order valence-electron chi connectivity index (χ0n) is 54.1. The van der Waals surface area contributed by atoms with Crippen molar-refractivity contribution >= 4 is 19.8 Å². The predicted octanol–water partition coefficient (Wildman–Crippen LogP) is 22.5. The number of hydrogen-bond donors (Lipinski definition) is 1. The van der Waals surface area contributed by atoms with Crippen LogP contribution in [-0.4, -0.2) is 74.9 Å². The van der Waals surface area contributed by atoms with Crippen LogP contribution in [0, 0.1) is 0 Å². The van der Waals surface area contributed by atoms with Gasteiger partial charge in [-0.25, -0.2) is 4.57 Å². The molecule has 0 aromatic heterocycles. The molecular weight excluding hydrogens is 1010 g/mol. The second-order valence-electron chi connectivity index (χ2n) is 25.3. The number of esters is 2. The van der Waals surface area contributed by atoms with E-state index in [4.69, 9.17) is 18.5 Å². The van der Waals surface area contributed by atoms with Crippen LogP contribution in [0.5, 0.6) is 0 Å². The summed E-state index contributed by atoms with van der Waals surface area (Å²) in [5.74, 6) is -0.779. The van der Waals surface area contributed by atoms with Crippen LogP contribution in [0.3, 0.4) is 0 Å². The molecule has 0 rings (SSSR count). The van der Waals surface area contributed by atoms with Gasteiger partial charge in [-0.15, -0.1) is 0 Å². The summed E-state index contributed by atoms with van der Waals surface area (Å²) < 4.78 is 34.7. The molecule has 0 aliphatic carbocycles. The number of carbonyl (C=O) groups excluding carboxylic acids is 2. The zero-order chi connectivity index (χ0) is 58.4. The molecule has 1 N–H and O–H groups in total. The first kappa shape index (κ1) is 78.5. The van der Waals surface area contributed by atoms with E-state index in [1.807, 2.05) is 21.1 Å². The molecule has 0 aliphatic rings. The lowest BCUT2D eigenvalue weighted by Gasteiger charge is -2.24. The third kappa shape index (κ3) is 65.6. The maximum Gasteiger partial charge on any atom is 0.472 e. The van der Waals surface area contributed by atoms with Crippen LogP contribution in [0.2, 0.25) is 0 Å². The molecule has 0 aromatic carbocycles. The van der Waals surface area contributed by atoms with Crippen molar-refractivity contribution < 1.29 is 42.1 Å². The van der Waals surface area contributed by atoms with Gasteiger partial charge in [0.25, 0.3) is 0 Å². The minimum atomic E-state index is -4.39. The van der Waals surface area contributed by atoms with Gasteiger partial charge in [0, 0.05) is 12.8 Å². The highest BCUT2D eigenvalue weighted by molar-refractivity contribution is 7.47. The molecule has 0 aromatic rings. The van der Waals surface area contributed by atoms with Crippen LogP contribution in [0.25, 0.3) is 0 Å². The molecule has 9 nitrogen and oxygen atoms in total. The third-order valence-corrected chi connectivity index (χ3v) is 16.9. The van der Waals surface area contributed by atoms with Crippen molar-refractivity contribution in [2.45, 2.75) is 367 Å². The molecule has 0 fully saturated rings. The monoisotopic (exact) mass is 1150 g/mol. The van der Waals surface area contributed by atoms with Crippen molar-refractivity contribution in [1.82, 2.24) is 0 Å². The average molecular weight is 1150 g/mol. The summed E-state index contributed by atoms with van der Waals surface area (Å²) in [6.07, 6.45) is 77.3. The molecule has 0 radical (unpaired) electrons. The fraction of sp³-hybridized carbons (Fsp3) is 0.914. The highest BCUT2D eigenvalue weighted by atomic mass is 31.2. The topological polar surface area (TPSA) is 108 Å². The number of rotatable bonds is 66. The van der Waals surface area contributed by atoms with Gasteiger partial charge in [-0.3, -0.25) is 18.6 Å². The highest BCUT2D eigenvalue weighted by Gasteiger charge is 2.27. The lowest BCUT2D eigenvalue weighted by Crippen LogP contribution is -2.37. The molecule has 0 bridgehead atoms. The number of unbranched alkanes of at least 4 members (excludes halogenated alkanes) is 48. The Labute approximate surface area is 498 Å². The van der Waals surface area contributed by atoms with E-state index in [1.165, 1.54) is 295 Å². The SMILES string of the molecule is CCCCCCCC/C=C\CCCCCCCCCCCC(=O)OCC(COP(=O)(O)OCC[N+](C)(C)C)OC(=O)CCCCCCCCCCCCCCCCCCCCCCCCCCC/C=C\CCCCCCCCCC. The number of nitrogens with zero attached hydrogens (tertiary/aromatic N) is 1. The minimum Gasteiger partial charge on any atom is -0.462 e. The molecular formula is C70H137NO8P+. The second kappa shape index (κ2) is 62.0. The Morgan fingerprint density at radius 1 is 0.375 bits per heavy atom. The van der Waals surface area contributed by atoms with Gasteiger partial charge in [0.2, 0.25) is 0 Å². The fourth-order valence-corrected chi connectivity index (χ4v) is 11.3. The Morgan fingerprint density at radius 3 is 0.925 bits per heavy atom. The first-order valence-electron chi connectivity index (χ1n) is 35.1. The minimum absolute atomic E-state index is 0.0347. The lowest BCUT2D eigenvalue weighted by atomic mass is 10.0. The Balaban J connectivity index is 3.92. The summed E-state index contributed by atoms with van der Waals surface area (Å²) >= 11 is 0. The smallest absolute Gasteiger partial charge is 0.462 e. The van der Waals surface area contributed by atoms with E-state index in [1.54, 1.807) is 0 Å². The third-order valence-electron chi connectivity index (χ3n) is 16.0. The van der Waals surface area contributed by atoms with E-state index < -0.39 is 26.5 Å². The van der Waals surface area contributed by atoms with Gasteiger partial charge in [0.15, 0.2) is 6.10 Å². The average Bonchev–Trinajstić information content (AvgIpc) is 3.42. The van der Waals surface area contributed by atoms with E-state index in [0.717, 1.165) is 32.1 Å². The Kier molecular flexibility index (Phi) is 60.9. The van der Waals surface area contributed by atoms with Crippen molar-refractivity contribution in [2.75, 3.05) is 47.5 Å². The normalized spacial score (nSPS) is 13.2. The second-order valence-corrected chi connectivity index (χ2v) is 26.7. The predicted molar refractivity (Wildman–Crippen MR) is 344 cm³/mol. The molecule has 0 saturated carbocycles. The summed E-state index contributed by atoms with van der Waals surface area (Å²) in [4.78, 5) is 35.8. The Bertz CT molecular complexity index is 1400. The number of phosphoric ester groups is 1. The van der Waals surface area contributed by atoms with E-state index in [9.17, 15) is 19.0 Å². The van der Waals surface area contributed by atoms with Crippen LogP contribution in [-0.2, 0) is 32.7 Å². The molecule has 2 unspecified atom stereocenters. The first-order chi connectivity index (χ1) is 39.0. The van der Waals surface area contributed by atoms with Crippen molar-refractivity contribution in [1.29, 1.82) is 0 Å². The molecule has 474 valence electrons. The zero-order valence-corrected chi connectivity index (χ0v) is 55.0. The molecule has 0 amide bonds. The maximum absolute atomic E-state index is 12.9. The van der Waals surface area contributed by atoms with Gasteiger partial charge in [-0.1, -0.05) is 308 Å². The Hall–Kier alpha value is -1.51. The summed E-state index contributed by atoms with van der Waals surface area (Å²) in [6, 6.07) is 0. The molecule has 80 heavy (non-hydrogen) atoms. The van der Waals surface area contributed by atoms with Crippen LogP contribution in [0.4, 0.5) is 0 Å². The summed E-state index contributed by atoms with van der Waals surface area (Å²) in [5.41, 5.74) is 0. The standard InChI is InChI=1S/C70H136NO8P/c1-6-8-10-12-14-16-18-20-22-24-26-27-28-29-30-31-32-33-34-35-36-37-38-39-40-41-42-43-45-47-49-51-53-55-57-59-61-63-70(73)79-68(67-78-80(74,75)77-65-64-71(3,4)5)66-76-69(72)62-60-58-56-54-52-50-48-46-44-25-23-21-19-17-15-13-11-9-7-2/h21,23-24,26,68H,6-20,22,25,27-67H2,1-5H3/p+1/b23-21-,26-24-. The number of carbonyl (C=O) groups is 2. The number of likely N-dealkylation sites (N-methyl/N-ethyl adjacent to an activating group) is 1. The number of allylic oxidation sites excluding steroid dienone is 4. The maximum atomic E-state index is 12.9. The van der Waals surface area contributed by atoms with Crippen molar-refractivity contribution in [2.24, 2.45) is 0 Å².